The first-order chi connectivity index (χ1) is 12.2. The Morgan fingerprint density at radius 3 is 2.72 bits per heavy atom. The fraction of sp³-hybridized carbons (Fsp3) is 0.105. The lowest BCUT2D eigenvalue weighted by Gasteiger charge is -2.06. The maximum Gasteiger partial charge on any atom is 0.147 e. The molecule has 0 saturated carbocycles. The number of hydrazone groups is 1. The summed E-state index contributed by atoms with van der Waals surface area (Å²) in [6.45, 7) is 0.556. The van der Waals surface area contributed by atoms with Crippen molar-refractivity contribution in [2.24, 2.45) is 5.10 Å². The zero-order valence-electron chi connectivity index (χ0n) is 13.5. The zero-order chi connectivity index (χ0) is 17.6. The second-order valence-corrected chi connectivity index (χ2v) is 6.05. The van der Waals surface area contributed by atoms with Crippen molar-refractivity contribution in [2.45, 2.75) is 6.54 Å². The van der Waals surface area contributed by atoms with E-state index in [4.69, 9.17) is 32.4 Å². The highest BCUT2D eigenvalue weighted by Gasteiger charge is 2.06. The van der Waals surface area contributed by atoms with Crippen molar-refractivity contribution in [3.8, 4) is 17.1 Å². The molecule has 0 fully saturated rings. The van der Waals surface area contributed by atoms with Gasteiger partial charge in [0.1, 0.15) is 17.3 Å². The lowest BCUT2D eigenvalue weighted by Crippen LogP contribution is -2.06. The normalized spacial score (nSPS) is 11.0. The van der Waals surface area contributed by atoms with Gasteiger partial charge >= 0.3 is 0 Å². The zero-order valence-corrected chi connectivity index (χ0v) is 15.0. The Kier molecular flexibility index (Phi) is 5.64. The number of furan rings is 1. The van der Waals surface area contributed by atoms with Gasteiger partial charge in [-0.15, -0.1) is 0 Å². The molecular formula is C19H16Cl2N2O2. The molecule has 4 nitrogen and oxygen atoms in total. The van der Waals surface area contributed by atoms with E-state index in [1.807, 2.05) is 42.5 Å². The van der Waals surface area contributed by atoms with E-state index in [-0.39, 0.29) is 0 Å². The molecule has 0 unspecified atom stereocenters. The van der Waals surface area contributed by atoms with Gasteiger partial charge < -0.3 is 14.6 Å². The summed E-state index contributed by atoms with van der Waals surface area (Å²) in [5, 5.41) is 5.18. The van der Waals surface area contributed by atoms with Crippen LogP contribution in [0.25, 0.3) is 11.3 Å². The molecule has 0 radical (unpaired) electrons. The molecule has 0 atom stereocenters. The van der Waals surface area contributed by atoms with Gasteiger partial charge in [0.2, 0.25) is 0 Å². The summed E-state index contributed by atoms with van der Waals surface area (Å²) in [4.78, 5) is 0. The predicted octanol–water partition coefficient (Wildman–Crippen LogP) is 5.39. The number of halogens is 2. The Hall–Kier alpha value is -2.43. The third-order valence-electron chi connectivity index (χ3n) is 3.58. The van der Waals surface area contributed by atoms with Gasteiger partial charge in [-0.25, -0.2) is 0 Å². The first-order valence-corrected chi connectivity index (χ1v) is 8.36. The number of nitrogens with zero attached hydrogens (tertiary/aromatic N) is 1. The molecule has 6 heteroatoms. The third-order valence-corrected chi connectivity index (χ3v) is 4.32. The molecule has 0 amide bonds. The Labute approximate surface area is 156 Å². The van der Waals surface area contributed by atoms with Crippen LogP contribution in [0.2, 0.25) is 10.0 Å². The van der Waals surface area contributed by atoms with Crippen LogP contribution < -0.4 is 10.2 Å². The molecule has 1 aromatic heterocycles. The number of hydrogen-bond acceptors (Lipinski definition) is 4. The van der Waals surface area contributed by atoms with E-state index in [9.17, 15) is 0 Å². The molecule has 0 aliphatic carbocycles. The quantitative estimate of drug-likeness (QED) is 0.464. The molecule has 0 aliphatic rings. The summed E-state index contributed by atoms with van der Waals surface area (Å²) in [5.41, 5.74) is 4.86. The van der Waals surface area contributed by atoms with Crippen LogP contribution in [-0.4, -0.2) is 13.3 Å². The Morgan fingerprint density at radius 2 is 1.92 bits per heavy atom. The lowest BCUT2D eigenvalue weighted by molar-refractivity contribution is 0.408. The molecule has 3 aromatic rings. The number of benzene rings is 2. The van der Waals surface area contributed by atoms with Gasteiger partial charge in [0.25, 0.3) is 0 Å². The monoisotopic (exact) mass is 374 g/mol. The van der Waals surface area contributed by atoms with Crippen molar-refractivity contribution in [1.29, 1.82) is 0 Å². The SMILES string of the molecule is COc1ccccc1CN/N=C/c1ccc(-c2ccc(Cl)c(Cl)c2)o1. The predicted molar refractivity (Wildman–Crippen MR) is 102 cm³/mol. The molecule has 128 valence electrons. The molecule has 1 N–H and O–H groups in total. The summed E-state index contributed by atoms with van der Waals surface area (Å²) < 4.78 is 11.0. The Morgan fingerprint density at radius 1 is 1.08 bits per heavy atom. The fourth-order valence-corrected chi connectivity index (χ4v) is 2.61. The molecule has 25 heavy (non-hydrogen) atoms. The number of para-hydroxylation sites is 1. The minimum atomic E-state index is 0.490. The molecular weight excluding hydrogens is 359 g/mol. The maximum absolute atomic E-state index is 6.04. The van der Waals surface area contributed by atoms with Crippen LogP contribution in [0.1, 0.15) is 11.3 Å². The largest absolute Gasteiger partial charge is 0.496 e. The van der Waals surface area contributed by atoms with Crippen molar-refractivity contribution in [3.63, 3.8) is 0 Å². The molecule has 0 saturated heterocycles. The summed E-state index contributed by atoms with van der Waals surface area (Å²) in [6.07, 6.45) is 1.62. The van der Waals surface area contributed by atoms with Crippen molar-refractivity contribution >= 4 is 29.4 Å². The van der Waals surface area contributed by atoms with E-state index in [2.05, 4.69) is 10.5 Å². The van der Waals surface area contributed by atoms with E-state index < -0.39 is 0 Å². The van der Waals surface area contributed by atoms with Crippen LogP contribution in [0, 0.1) is 0 Å². The number of methoxy groups -OCH3 is 1. The van der Waals surface area contributed by atoms with Gasteiger partial charge in [-0.3, -0.25) is 0 Å². The Bertz CT molecular complexity index is 891. The number of rotatable bonds is 6. The lowest BCUT2D eigenvalue weighted by atomic mass is 10.2. The van der Waals surface area contributed by atoms with Gasteiger partial charge in [0.05, 0.1) is 29.9 Å². The van der Waals surface area contributed by atoms with Crippen LogP contribution in [0.5, 0.6) is 5.75 Å². The van der Waals surface area contributed by atoms with E-state index in [1.165, 1.54) is 0 Å². The average Bonchev–Trinajstić information content (AvgIpc) is 3.10. The standard InChI is InChI=1S/C19H16Cl2N2O2/c1-24-18-5-3-2-4-14(18)11-22-23-12-15-7-9-19(25-15)13-6-8-16(20)17(21)10-13/h2-10,12,22H,11H2,1H3/b23-12+. The van der Waals surface area contributed by atoms with Crippen molar-refractivity contribution in [3.05, 3.63) is 76.0 Å². The molecule has 0 spiro atoms. The highest BCUT2D eigenvalue weighted by atomic mass is 35.5. The van der Waals surface area contributed by atoms with Gasteiger partial charge in [-0.2, -0.15) is 5.10 Å². The van der Waals surface area contributed by atoms with Crippen LogP contribution in [0.15, 0.2) is 64.1 Å². The van der Waals surface area contributed by atoms with Gasteiger partial charge in [0, 0.05) is 11.1 Å². The first kappa shape index (κ1) is 17.4. The number of ether oxygens (including phenoxy) is 1. The fourth-order valence-electron chi connectivity index (χ4n) is 2.32. The van der Waals surface area contributed by atoms with E-state index in [0.717, 1.165) is 16.9 Å². The van der Waals surface area contributed by atoms with Crippen LogP contribution in [-0.2, 0) is 6.54 Å². The van der Waals surface area contributed by atoms with E-state index >= 15 is 0 Å². The average molecular weight is 375 g/mol. The van der Waals surface area contributed by atoms with Crippen molar-refractivity contribution < 1.29 is 9.15 Å². The summed E-state index contributed by atoms with van der Waals surface area (Å²) in [5.74, 6) is 2.16. The third kappa shape index (κ3) is 4.35. The summed E-state index contributed by atoms with van der Waals surface area (Å²) in [6, 6.07) is 16.8. The molecule has 0 bridgehead atoms. The molecule has 3 rings (SSSR count). The molecule has 0 aliphatic heterocycles. The topological polar surface area (TPSA) is 46.8 Å². The van der Waals surface area contributed by atoms with E-state index in [1.54, 1.807) is 25.5 Å². The minimum absolute atomic E-state index is 0.490. The van der Waals surface area contributed by atoms with Gasteiger partial charge in [-0.05, 0) is 36.4 Å². The van der Waals surface area contributed by atoms with Crippen molar-refractivity contribution in [1.82, 2.24) is 5.43 Å². The van der Waals surface area contributed by atoms with Crippen LogP contribution >= 0.6 is 23.2 Å². The summed E-state index contributed by atoms with van der Waals surface area (Å²) >= 11 is 12.0. The van der Waals surface area contributed by atoms with Gasteiger partial charge in [-0.1, -0.05) is 41.4 Å². The smallest absolute Gasteiger partial charge is 0.147 e. The number of hydrogen-bond donors (Lipinski definition) is 1. The number of nitrogens with one attached hydrogen (secondary N) is 1. The van der Waals surface area contributed by atoms with Crippen LogP contribution in [0.3, 0.4) is 0 Å². The second kappa shape index (κ2) is 8.10. The summed E-state index contributed by atoms with van der Waals surface area (Å²) in [7, 11) is 1.65. The highest BCUT2D eigenvalue weighted by Crippen LogP contribution is 2.29. The minimum Gasteiger partial charge on any atom is -0.496 e. The Balaban J connectivity index is 1.63. The molecule has 1 heterocycles. The molecule has 2 aromatic carbocycles. The van der Waals surface area contributed by atoms with Crippen molar-refractivity contribution in [2.75, 3.05) is 7.11 Å². The highest BCUT2D eigenvalue weighted by molar-refractivity contribution is 6.42. The maximum atomic E-state index is 6.04. The second-order valence-electron chi connectivity index (χ2n) is 5.24. The van der Waals surface area contributed by atoms with Gasteiger partial charge in [0.15, 0.2) is 0 Å². The van der Waals surface area contributed by atoms with Crippen LogP contribution in [0.4, 0.5) is 0 Å². The van der Waals surface area contributed by atoms with E-state index in [0.29, 0.717) is 28.1 Å². The first-order valence-electron chi connectivity index (χ1n) is 7.60.